The van der Waals surface area contributed by atoms with Gasteiger partial charge in [-0.2, -0.15) is 0 Å². The van der Waals surface area contributed by atoms with Crippen LogP contribution in [0.1, 0.15) is 20.3 Å². The number of hydrogen-bond donors (Lipinski definition) is 1. The van der Waals surface area contributed by atoms with Gasteiger partial charge in [-0.05, 0) is 20.0 Å². The summed E-state index contributed by atoms with van der Waals surface area (Å²) >= 11 is 0. The number of hydroxylamine groups is 2. The third kappa shape index (κ3) is 1.09. The van der Waals surface area contributed by atoms with Gasteiger partial charge in [0.1, 0.15) is 5.54 Å². The topological polar surface area (TPSA) is 69.4 Å². The Labute approximate surface area is 65.2 Å². The number of hydrogen-bond acceptors (Lipinski definition) is 3. The van der Waals surface area contributed by atoms with Gasteiger partial charge in [-0.1, -0.05) is 5.57 Å². The minimum Gasteiger partial charge on any atom is -0.758 e. The second-order valence-electron chi connectivity index (χ2n) is 3.12. The monoisotopic (exact) mass is 155 g/mol. The molecule has 1 aliphatic heterocycles. The zero-order valence-electron chi connectivity index (χ0n) is 6.63. The van der Waals surface area contributed by atoms with Crippen LogP contribution in [0.5, 0.6) is 0 Å². The van der Waals surface area contributed by atoms with Crippen molar-refractivity contribution in [2.45, 2.75) is 25.8 Å². The van der Waals surface area contributed by atoms with Gasteiger partial charge in [-0.25, -0.2) is 0 Å². The summed E-state index contributed by atoms with van der Waals surface area (Å²) in [5.41, 5.74) is 4.91. The Morgan fingerprint density at radius 1 is 1.91 bits per heavy atom. The number of rotatable bonds is 1. The molecule has 0 aromatic heterocycles. The van der Waals surface area contributed by atoms with Gasteiger partial charge in [-0.3, -0.25) is 4.79 Å². The Kier molecular flexibility index (Phi) is 1.64. The lowest BCUT2D eigenvalue weighted by Crippen LogP contribution is -2.48. The van der Waals surface area contributed by atoms with E-state index in [-0.39, 0.29) is 0 Å². The highest BCUT2D eigenvalue weighted by Crippen LogP contribution is 2.29. The zero-order chi connectivity index (χ0) is 8.65. The largest absolute Gasteiger partial charge is 0.758 e. The lowest BCUT2D eigenvalue weighted by molar-refractivity contribution is -0.125. The summed E-state index contributed by atoms with van der Waals surface area (Å²) in [7, 11) is 0. The van der Waals surface area contributed by atoms with Crippen molar-refractivity contribution >= 4 is 5.91 Å². The normalized spacial score (nSPS) is 30.5. The molecule has 0 radical (unpaired) electrons. The molecule has 0 bridgehead atoms. The number of carbonyl (C=O) groups is 1. The molecule has 0 aromatic rings. The maximum atomic E-state index is 11.1. The fourth-order valence-electron chi connectivity index (χ4n) is 1.20. The van der Waals surface area contributed by atoms with E-state index in [0.717, 1.165) is 5.57 Å². The zero-order valence-corrected chi connectivity index (χ0v) is 6.63. The third-order valence-electron chi connectivity index (χ3n) is 1.98. The molecule has 2 N–H and O–H groups in total. The van der Waals surface area contributed by atoms with Crippen LogP contribution in [0, 0.1) is 5.21 Å². The van der Waals surface area contributed by atoms with Crippen molar-refractivity contribution in [1.29, 1.82) is 0 Å². The SMILES string of the molecule is CC1=CN([O-])C(C)(C(N)=O)C1. The molecule has 4 heteroatoms. The highest BCUT2D eigenvalue weighted by Gasteiger charge is 2.35. The van der Waals surface area contributed by atoms with E-state index in [4.69, 9.17) is 5.73 Å². The highest BCUT2D eigenvalue weighted by molar-refractivity contribution is 5.85. The maximum Gasteiger partial charge on any atom is 0.242 e. The number of carbonyl (C=O) groups excluding carboxylic acids is 1. The fraction of sp³-hybridized carbons (Fsp3) is 0.571. The van der Waals surface area contributed by atoms with Gasteiger partial charge in [0.2, 0.25) is 5.91 Å². The minimum absolute atomic E-state index is 0.436. The first kappa shape index (κ1) is 8.07. The van der Waals surface area contributed by atoms with Crippen LogP contribution in [-0.2, 0) is 4.79 Å². The number of nitrogens with zero attached hydrogens (tertiary/aromatic N) is 1. The molecule has 0 aromatic carbocycles. The smallest absolute Gasteiger partial charge is 0.242 e. The average molecular weight is 155 g/mol. The molecular formula is C7H11N2O2-. The van der Waals surface area contributed by atoms with Gasteiger partial charge in [0.25, 0.3) is 0 Å². The van der Waals surface area contributed by atoms with Crippen LogP contribution in [0.25, 0.3) is 0 Å². The molecule has 0 saturated heterocycles. The molecule has 4 nitrogen and oxygen atoms in total. The maximum absolute atomic E-state index is 11.1. The molecule has 0 fully saturated rings. The lowest BCUT2D eigenvalue weighted by Gasteiger charge is -2.38. The van der Waals surface area contributed by atoms with E-state index >= 15 is 0 Å². The average Bonchev–Trinajstić information content (AvgIpc) is 2.08. The van der Waals surface area contributed by atoms with Crippen molar-refractivity contribution in [3.63, 3.8) is 0 Å². The van der Waals surface area contributed by atoms with Gasteiger partial charge in [0.05, 0.1) is 0 Å². The fourth-order valence-corrected chi connectivity index (χ4v) is 1.20. The van der Waals surface area contributed by atoms with E-state index in [9.17, 15) is 10.0 Å². The van der Waals surface area contributed by atoms with Crippen molar-refractivity contribution in [2.24, 2.45) is 5.73 Å². The van der Waals surface area contributed by atoms with Gasteiger partial charge < -0.3 is 16.0 Å². The summed E-state index contributed by atoms with van der Waals surface area (Å²) in [5, 5.41) is 11.7. The van der Waals surface area contributed by atoms with E-state index in [1.54, 1.807) is 13.8 Å². The molecule has 0 aliphatic carbocycles. The summed E-state index contributed by atoms with van der Waals surface area (Å²) in [6.07, 6.45) is 1.84. The minimum atomic E-state index is -1.05. The summed E-state index contributed by atoms with van der Waals surface area (Å²) < 4.78 is 0. The molecule has 1 amide bonds. The van der Waals surface area contributed by atoms with Gasteiger partial charge in [0, 0.05) is 6.42 Å². The van der Waals surface area contributed by atoms with Crippen molar-refractivity contribution in [3.8, 4) is 0 Å². The lowest BCUT2D eigenvalue weighted by atomic mass is 9.97. The van der Waals surface area contributed by atoms with Crippen molar-refractivity contribution in [1.82, 2.24) is 5.06 Å². The highest BCUT2D eigenvalue weighted by atomic mass is 16.5. The first-order valence-electron chi connectivity index (χ1n) is 3.40. The van der Waals surface area contributed by atoms with Gasteiger partial charge in [-0.15, -0.1) is 0 Å². The standard InChI is InChI=1S/C7H11N2O2/c1-5-3-7(2,6(8)10)9(11)4-5/h4H,3H2,1-2H3,(H2,8,10)/q-1. The van der Waals surface area contributed by atoms with E-state index in [1.807, 2.05) is 0 Å². The first-order valence-corrected chi connectivity index (χ1v) is 3.40. The molecule has 1 heterocycles. The molecular weight excluding hydrogens is 144 g/mol. The van der Waals surface area contributed by atoms with Crippen LogP contribution >= 0.6 is 0 Å². The van der Waals surface area contributed by atoms with Crippen LogP contribution < -0.4 is 5.73 Å². The van der Waals surface area contributed by atoms with Crippen LogP contribution in [-0.4, -0.2) is 16.5 Å². The van der Waals surface area contributed by atoms with Crippen molar-refractivity contribution in [3.05, 3.63) is 17.0 Å². The summed E-state index contributed by atoms with van der Waals surface area (Å²) in [6.45, 7) is 3.36. The molecule has 1 unspecified atom stereocenters. The van der Waals surface area contributed by atoms with Crippen molar-refractivity contribution < 1.29 is 4.79 Å². The molecule has 0 saturated carbocycles. The molecule has 62 valence electrons. The molecule has 1 rings (SSSR count). The predicted octanol–water partition coefficient (Wildman–Crippen LogP) is 0.338. The van der Waals surface area contributed by atoms with Crippen LogP contribution in [0.3, 0.4) is 0 Å². The molecule has 1 aliphatic rings. The van der Waals surface area contributed by atoms with Gasteiger partial charge >= 0.3 is 0 Å². The Morgan fingerprint density at radius 2 is 2.45 bits per heavy atom. The Hall–Kier alpha value is -1.03. The van der Waals surface area contributed by atoms with E-state index in [2.05, 4.69) is 0 Å². The quantitative estimate of drug-likeness (QED) is 0.593. The second kappa shape index (κ2) is 2.23. The van der Waals surface area contributed by atoms with Crippen molar-refractivity contribution in [2.75, 3.05) is 0 Å². The van der Waals surface area contributed by atoms with E-state index in [0.29, 0.717) is 11.5 Å². The number of amides is 1. The summed E-state index contributed by atoms with van der Waals surface area (Å²) in [5.74, 6) is -0.569. The molecule has 0 spiro atoms. The van der Waals surface area contributed by atoms with Gasteiger partial charge in [0.15, 0.2) is 0 Å². The Bertz CT molecular complexity index is 224. The van der Waals surface area contributed by atoms with Crippen LogP contribution in [0.4, 0.5) is 0 Å². The Morgan fingerprint density at radius 3 is 2.64 bits per heavy atom. The third-order valence-corrected chi connectivity index (χ3v) is 1.98. The first-order chi connectivity index (χ1) is 4.97. The van der Waals surface area contributed by atoms with E-state index < -0.39 is 11.4 Å². The second-order valence-corrected chi connectivity index (χ2v) is 3.12. The summed E-state index contributed by atoms with van der Waals surface area (Å²) in [4.78, 5) is 10.8. The van der Waals surface area contributed by atoms with E-state index in [1.165, 1.54) is 6.20 Å². The molecule has 11 heavy (non-hydrogen) atoms. The number of nitrogens with two attached hydrogens (primary N) is 1. The summed E-state index contributed by atoms with van der Waals surface area (Å²) in [6, 6.07) is 0. The van der Waals surface area contributed by atoms with Crippen LogP contribution in [0.2, 0.25) is 0 Å². The Balaban J connectivity index is 2.86. The number of primary amides is 1. The predicted molar refractivity (Wildman–Crippen MR) is 41.2 cm³/mol. The molecule has 1 atom stereocenters. The van der Waals surface area contributed by atoms with Crippen LogP contribution in [0.15, 0.2) is 11.8 Å².